The minimum absolute atomic E-state index is 0.0396. The smallest absolute Gasteiger partial charge is 0.247 e. The summed E-state index contributed by atoms with van der Waals surface area (Å²) in [6.45, 7) is 1.17. The fourth-order valence-corrected chi connectivity index (χ4v) is 4.39. The fraction of sp³-hybridized carbons (Fsp3) is 0.0800. The van der Waals surface area contributed by atoms with Crippen molar-refractivity contribution in [3.05, 3.63) is 119 Å². The molecule has 0 fully saturated rings. The van der Waals surface area contributed by atoms with Gasteiger partial charge in [0.05, 0.1) is 0 Å². The van der Waals surface area contributed by atoms with E-state index >= 15 is 0 Å². The number of thioether (sulfide) groups is 1. The van der Waals surface area contributed by atoms with Crippen molar-refractivity contribution in [3.8, 4) is 0 Å². The zero-order valence-corrected chi connectivity index (χ0v) is 17.4. The molecule has 0 unspecified atom stereocenters. The van der Waals surface area contributed by atoms with E-state index in [1.54, 1.807) is 17.8 Å². The molecule has 1 aliphatic heterocycles. The zero-order valence-electron chi connectivity index (χ0n) is 15.8. The molecular weight excluding hydrogens is 398 g/mol. The number of hydrogen-bond donors (Lipinski definition) is 0. The number of carbonyl (C=O) groups is 1. The largest absolute Gasteiger partial charge is 0.330 e. The molecule has 0 saturated heterocycles. The highest BCUT2D eigenvalue weighted by atomic mass is 35.5. The van der Waals surface area contributed by atoms with Gasteiger partial charge in [-0.05, 0) is 41.0 Å². The molecule has 0 radical (unpaired) electrons. The van der Waals surface area contributed by atoms with Gasteiger partial charge in [-0.15, -0.1) is 0 Å². The first-order chi connectivity index (χ1) is 14.2. The first-order valence-corrected chi connectivity index (χ1v) is 10.6. The Kier molecular flexibility index (Phi) is 6.18. The van der Waals surface area contributed by atoms with Gasteiger partial charge in [0, 0.05) is 34.0 Å². The second kappa shape index (κ2) is 9.17. The van der Waals surface area contributed by atoms with E-state index in [4.69, 9.17) is 11.6 Å². The summed E-state index contributed by atoms with van der Waals surface area (Å²) in [6.07, 6.45) is 3.62. The number of benzene rings is 3. The predicted molar refractivity (Wildman–Crippen MR) is 122 cm³/mol. The van der Waals surface area contributed by atoms with E-state index in [0.29, 0.717) is 18.1 Å². The van der Waals surface area contributed by atoms with E-state index in [1.807, 2.05) is 83.8 Å². The Morgan fingerprint density at radius 3 is 2.21 bits per heavy atom. The predicted octanol–water partition coefficient (Wildman–Crippen LogP) is 6.44. The topological polar surface area (TPSA) is 20.3 Å². The molecule has 2 nitrogen and oxygen atoms in total. The van der Waals surface area contributed by atoms with Crippen molar-refractivity contribution in [2.45, 2.75) is 11.4 Å². The second-order valence-corrected chi connectivity index (χ2v) is 8.31. The number of hydrogen-bond acceptors (Lipinski definition) is 2. The first-order valence-electron chi connectivity index (χ1n) is 9.42. The molecule has 3 aromatic carbocycles. The highest BCUT2D eigenvalue weighted by molar-refractivity contribution is 8.08. The van der Waals surface area contributed by atoms with Gasteiger partial charge in [0.1, 0.15) is 0 Å². The summed E-state index contributed by atoms with van der Waals surface area (Å²) in [4.78, 5) is 16.7. The molecule has 0 N–H and O–H groups in total. The minimum atomic E-state index is 0.0396. The van der Waals surface area contributed by atoms with Crippen molar-refractivity contribution in [1.82, 2.24) is 4.90 Å². The maximum absolute atomic E-state index is 12.5. The van der Waals surface area contributed by atoms with Gasteiger partial charge >= 0.3 is 0 Å². The van der Waals surface area contributed by atoms with Crippen LogP contribution < -0.4 is 0 Å². The van der Waals surface area contributed by atoms with Gasteiger partial charge in [-0.1, -0.05) is 90.1 Å². The van der Waals surface area contributed by atoms with E-state index in [-0.39, 0.29) is 5.91 Å². The molecule has 1 amide bonds. The standard InChI is InChI=1S/C25H20ClNOS/c26-22-14-11-20(12-15-22)25(29-23-9-5-2-6-10-23)21-13-16-24(28)27(18-21)17-19-7-3-1-4-8-19/h1-16H,17-18H2/b25-21-. The van der Waals surface area contributed by atoms with Gasteiger partial charge in [-0.25, -0.2) is 0 Å². The van der Waals surface area contributed by atoms with E-state index < -0.39 is 0 Å². The van der Waals surface area contributed by atoms with Crippen molar-refractivity contribution in [2.75, 3.05) is 6.54 Å². The van der Waals surface area contributed by atoms with Crippen LogP contribution in [0, 0.1) is 0 Å². The van der Waals surface area contributed by atoms with Crippen molar-refractivity contribution in [1.29, 1.82) is 0 Å². The SMILES string of the molecule is O=C1C=C/C(=C(/Sc2ccccc2)c2ccc(Cl)cc2)CN1Cc1ccccc1. The van der Waals surface area contributed by atoms with Crippen molar-refractivity contribution >= 4 is 34.2 Å². The third kappa shape index (κ3) is 5.00. The highest BCUT2D eigenvalue weighted by Crippen LogP contribution is 2.38. The summed E-state index contributed by atoms with van der Waals surface area (Å²) in [5.74, 6) is 0.0396. The average Bonchev–Trinajstić information content (AvgIpc) is 2.76. The molecule has 29 heavy (non-hydrogen) atoms. The van der Waals surface area contributed by atoms with Crippen LogP contribution in [0.5, 0.6) is 0 Å². The molecule has 1 aliphatic rings. The molecule has 0 aliphatic carbocycles. The molecule has 0 bridgehead atoms. The van der Waals surface area contributed by atoms with Crippen LogP contribution in [0.1, 0.15) is 11.1 Å². The van der Waals surface area contributed by atoms with Crippen LogP contribution in [0.4, 0.5) is 0 Å². The molecule has 3 aromatic rings. The van der Waals surface area contributed by atoms with E-state index in [0.717, 1.165) is 26.5 Å². The molecule has 4 heteroatoms. The molecule has 0 saturated carbocycles. The van der Waals surface area contributed by atoms with Crippen LogP contribution in [0.2, 0.25) is 5.02 Å². The van der Waals surface area contributed by atoms with Crippen LogP contribution in [-0.4, -0.2) is 17.4 Å². The molecule has 144 valence electrons. The van der Waals surface area contributed by atoms with Crippen molar-refractivity contribution < 1.29 is 4.79 Å². The molecule has 4 rings (SSSR count). The summed E-state index contributed by atoms with van der Waals surface area (Å²) in [6, 6.07) is 28.2. The summed E-state index contributed by atoms with van der Waals surface area (Å²) in [7, 11) is 0. The highest BCUT2D eigenvalue weighted by Gasteiger charge is 2.20. The zero-order chi connectivity index (χ0) is 20.1. The van der Waals surface area contributed by atoms with Crippen molar-refractivity contribution in [3.63, 3.8) is 0 Å². The second-order valence-electron chi connectivity index (χ2n) is 6.79. The monoisotopic (exact) mass is 417 g/mol. The number of amides is 1. The van der Waals surface area contributed by atoms with Gasteiger partial charge in [0.25, 0.3) is 0 Å². The Labute approximate surface area is 180 Å². The van der Waals surface area contributed by atoms with E-state index in [9.17, 15) is 4.79 Å². The molecular formula is C25H20ClNOS. The summed E-state index contributed by atoms with van der Waals surface area (Å²) in [5, 5.41) is 0.711. The van der Waals surface area contributed by atoms with Crippen LogP contribution in [0.25, 0.3) is 4.91 Å². The summed E-state index contributed by atoms with van der Waals surface area (Å²) < 4.78 is 0. The first kappa shape index (κ1) is 19.6. The number of carbonyl (C=O) groups excluding carboxylic acids is 1. The average molecular weight is 418 g/mol. The van der Waals surface area contributed by atoms with Crippen LogP contribution in [0.15, 0.2) is 108 Å². The van der Waals surface area contributed by atoms with Crippen LogP contribution in [-0.2, 0) is 11.3 Å². The van der Waals surface area contributed by atoms with Crippen molar-refractivity contribution in [2.24, 2.45) is 0 Å². The number of halogens is 1. The van der Waals surface area contributed by atoms with Crippen LogP contribution in [0.3, 0.4) is 0 Å². The third-order valence-electron chi connectivity index (χ3n) is 4.68. The maximum atomic E-state index is 12.5. The Bertz CT molecular complexity index is 1040. The van der Waals surface area contributed by atoms with Gasteiger partial charge in [0.15, 0.2) is 0 Å². The van der Waals surface area contributed by atoms with Gasteiger partial charge < -0.3 is 4.90 Å². The number of nitrogens with zero attached hydrogens (tertiary/aromatic N) is 1. The lowest BCUT2D eigenvalue weighted by Crippen LogP contribution is -2.33. The lowest BCUT2D eigenvalue weighted by atomic mass is 10.1. The van der Waals surface area contributed by atoms with E-state index in [1.165, 1.54) is 0 Å². The Morgan fingerprint density at radius 1 is 0.862 bits per heavy atom. The number of rotatable bonds is 5. The fourth-order valence-electron chi connectivity index (χ4n) is 3.22. The van der Waals surface area contributed by atoms with E-state index in [2.05, 4.69) is 12.1 Å². The summed E-state index contributed by atoms with van der Waals surface area (Å²) >= 11 is 7.82. The van der Waals surface area contributed by atoms with Gasteiger partial charge in [0.2, 0.25) is 5.91 Å². The quantitative estimate of drug-likeness (QED) is 0.445. The Balaban J connectivity index is 1.70. The summed E-state index contributed by atoms with van der Waals surface area (Å²) in [5.41, 5.74) is 3.34. The normalized spacial score (nSPS) is 15.5. The minimum Gasteiger partial charge on any atom is -0.330 e. The van der Waals surface area contributed by atoms with Gasteiger partial charge in [-0.2, -0.15) is 0 Å². The Morgan fingerprint density at radius 2 is 1.52 bits per heavy atom. The van der Waals surface area contributed by atoms with Crippen LogP contribution >= 0.6 is 23.4 Å². The molecule has 0 atom stereocenters. The maximum Gasteiger partial charge on any atom is 0.247 e. The lowest BCUT2D eigenvalue weighted by Gasteiger charge is -2.27. The molecule has 0 aromatic heterocycles. The molecule has 0 spiro atoms. The molecule has 1 heterocycles. The Hall–Kier alpha value is -2.75. The van der Waals surface area contributed by atoms with Gasteiger partial charge in [-0.3, -0.25) is 4.79 Å². The third-order valence-corrected chi connectivity index (χ3v) is 6.14. The lowest BCUT2D eigenvalue weighted by molar-refractivity contribution is -0.126.